The van der Waals surface area contributed by atoms with Crippen LogP contribution >= 0.6 is 11.6 Å². The molecule has 1 unspecified atom stereocenters. The lowest BCUT2D eigenvalue weighted by Gasteiger charge is -2.14. The molecular weight excluding hydrogens is 286 g/mol. The normalized spacial score (nSPS) is 11.3. The third-order valence-electron chi connectivity index (χ3n) is 2.45. The number of aromatic carboxylic acids is 1. The van der Waals surface area contributed by atoms with Gasteiger partial charge in [0.05, 0.1) is 16.3 Å². The summed E-state index contributed by atoms with van der Waals surface area (Å²) in [6.07, 6.45) is 0. The maximum Gasteiger partial charge on any atom is 0.335 e. The summed E-state index contributed by atoms with van der Waals surface area (Å²) in [7, 11) is 1.45. The molecule has 1 atom stereocenters. The van der Waals surface area contributed by atoms with Crippen LogP contribution in [0.1, 0.15) is 17.3 Å². The molecule has 8 heteroatoms. The van der Waals surface area contributed by atoms with Crippen LogP contribution in [0.5, 0.6) is 0 Å². The van der Waals surface area contributed by atoms with Crippen molar-refractivity contribution in [2.75, 3.05) is 12.4 Å². The minimum atomic E-state index is -1.14. The van der Waals surface area contributed by atoms with Gasteiger partial charge in [0.2, 0.25) is 5.91 Å². The number of carboxylic acids is 1. The van der Waals surface area contributed by atoms with E-state index in [0.717, 1.165) is 0 Å². The van der Waals surface area contributed by atoms with Crippen molar-refractivity contribution in [3.05, 3.63) is 28.8 Å². The van der Waals surface area contributed by atoms with Gasteiger partial charge < -0.3 is 21.1 Å². The molecule has 3 amide bonds. The lowest BCUT2D eigenvalue weighted by atomic mass is 10.2. The van der Waals surface area contributed by atoms with Crippen molar-refractivity contribution in [1.82, 2.24) is 10.6 Å². The van der Waals surface area contributed by atoms with Gasteiger partial charge in [-0.1, -0.05) is 11.6 Å². The number of amides is 3. The van der Waals surface area contributed by atoms with Crippen LogP contribution in [0.2, 0.25) is 5.02 Å². The Morgan fingerprint density at radius 1 is 1.30 bits per heavy atom. The van der Waals surface area contributed by atoms with Crippen LogP contribution in [0.15, 0.2) is 18.2 Å². The second-order valence-corrected chi connectivity index (χ2v) is 4.34. The number of hydrogen-bond donors (Lipinski definition) is 4. The number of carbonyl (C=O) groups excluding carboxylic acids is 2. The van der Waals surface area contributed by atoms with E-state index in [-0.39, 0.29) is 22.2 Å². The average Bonchev–Trinajstić information content (AvgIpc) is 2.39. The van der Waals surface area contributed by atoms with E-state index in [0.29, 0.717) is 0 Å². The number of rotatable bonds is 4. The zero-order valence-electron chi connectivity index (χ0n) is 10.9. The smallest absolute Gasteiger partial charge is 0.335 e. The molecule has 0 aliphatic rings. The van der Waals surface area contributed by atoms with E-state index in [1.54, 1.807) is 0 Å². The summed E-state index contributed by atoms with van der Waals surface area (Å²) < 4.78 is 0. The fourth-order valence-corrected chi connectivity index (χ4v) is 1.56. The second-order valence-electron chi connectivity index (χ2n) is 3.93. The number of urea groups is 1. The molecule has 7 nitrogen and oxygen atoms in total. The largest absolute Gasteiger partial charge is 0.478 e. The molecule has 20 heavy (non-hydrogen) atoms. The van der Waals surface area contributed by atoms with Crippen LogP contribution in [0, 0.1) is 0 Å². The second kappa shape index (κ2) is 6.76. The van der Waals surface area contributed by atoms with Gasteiger partial charge in [-0.25, -0.2) is 9.59 Å². The number of carboxylic acid groups (broad SMARTS) is 1. The zero-order valence-corrected chi connectivity index (χ0v) is 11.6. The summed E-state index contributed by atoms with van der Waals surface area (Å²) in [5.41, 5.74) is 0.136. The van der Waals surface area contributed by atoms with Crippen LogP contribution in [0.4, 0.5) is 10.5 Å². The highest BCUT2D eigenvalue weighted by molar-refractivity contribution is 6.33. The quantitative estimate of drug-likeness (QED) is 0.672. The predicted octanol–water partition coefficient (Wildman–Crippen LogP) is 1.29. The number of halogens is 1. The molecular formula is C12H14ClN3O4. The molecule has 0 aliphatic carbocycles. The highest BCUT2D eigenvalue weighted by Crippen LogP contribution is 2.23. The molecule has 0 fully saturated rings. The number of benzene rings is 1. The van der Waals surface area contributed by atoms with Gasteiger partial charge in [-0.15, -0.1) is 0 Å². The third kappa shape index (κ3) is 4.13. The Kier molecular flexibility index (Phi) is 5.33. The topological polar surface area (TPSA) is 108 Å². The van der Waals surface area contributed by atoms with Gasteiger partial charge in [0.25, 0.3) is 0 Å². The van der Waals surface area contributed by atoms with Crippen molar-refractivity contribution >= 4 is 35.2 Å². The summed E-state index contributed by atoms with van der Waals surface area (Å²) in [6.45, 7) is 1.51. The molecule has 1 aromatic carbocycles. The zero-order chi connectivity index (χ0) is 15.3. The summed E-state index contributed by atoms with van der Waals surface area (Å²) in [5.74, 6) is -1.49. The Labute approximate surface area is 120 Å². The maximum atomic E-state index is 11.7. The molecule has 0 aromatic heterocycles. The number of nitrogens with one attached hydrogen (secondary N) is 3. The van der Waals surface area contributed by atoms with E-state index in [2.05, 4.69) is 16.0 Å². The van der Waals surface area contributed by atoms with Crippen molar-refractivity contribution in [3.8, 4) is 0 Å². The minimum Gasteiger partial charge on any atom is -0.478 e. The van der Waals surface area contributed by atoms with Crippen molar-refractivity contribution in [1.29, 1.82) is 0 Å². The maximum absolute atomic E-state index is 11.7. The predicted molar refractivity (Wildman–Crippen MR) is 74.1 cm³/mol. The fraction of sp³-hybridized carbons (Fsp3) is 0.250. The Hall–Kier alpha value is -2.28. The summed E-state index contributed by atoms with van der Waals surface area (Å²) >= 11 is 5.86. The number of carbonyl (C=O) groups is 3. The molecule has 0 aliphatic heterocycles. The molecule has 4 N–H and O–H groups in total. The van der Waals surface area contributed by atoms with Gasteiger partial charge in [-0.05, 0) is 25.1 Å². The molecule has 0 saturated carbocycles. The number of hydrogen-bond acceptors (Lipinski definition) is 3. The molecule has 1 aromatic rings. The lowest BCUT2D eigenvalue weighted by Crippen LogP contribution is -2.45. The van der Waals surface area contributed by atoms with Gasteiger partial charge in [-0.3, -0.25) is 4.79 Å². The molecule has 108 valence electrons. The Morgan fingerprint density at radius 2 is 1.95 bits per heavy atom. The third-order valence-corrected chi connectivity index (χ3v) is 2.78. The van der Waals surface area contributed by atoms with Gasteiger partial charge in [0, 0.05) is 7.05 Å². The van der Waals surface area contributed by atoms with Crippen LogP contribution in [0.25, 0.3) is 0 Å². The van der Waals surface area contributed by atoms with Crippen LogP contribution < -0.4 is 16.0 Å². The van der Waals surface area contributed by atoms with Crippen LogP contribution in [0.3, 0.4) is 0 Å². The lowest BCUT2D eigenvalue weighted by molar-refractivity contribution is -0.122. The highest BCUT2D eigenvalue weighted by Gasteiger charge is 2.15. The highest BCUT2D eigenvalue weighted by atomic mass is 35.5. The SMILES string of the molecule is CNC(=O)C(C)NC(=O)Nc1cc(C(=O)O)ccc1Cl. The molecule has 0 heterocycles. The van der Waals surface area contributed by atoms with Crippen LogP contribution in [-0.4, -0.2) is 36.1 Å². The fourth-order valence-electron chi connectivity index (χ4n) is 1.39. The first-order valence-corrected chi connectivity index (χ1v) is 6.05. The Morgan fingerprint density at radius 3 is 2.50 bits per heavy atom. The van der Waals surface area contributed by atoms with E-state index < -0.39 is 18.0 Å². The first-order chi connectivity index (χ1) is 9.35. The Bertz CT molecular complexity index is 548. The van der Waals surface area contributed by atoms with Crippen molar-refractivity contribution < 1.29 is 19.5 Å². The van der Waals surface area contributed by atoms with Crippen molar-refractivity contribution in [2.24, 2.45) is 0 Å². The van der Waals surface area contributed by atoms with Crippen molar-refractivity contribution in [2.45, 2.75) is 13.0 Å². The van der Waals surface area contributed by atoms with Crippen molar-refractivity contribution in [3.63, 3.8) is 0 Å². The van der Waals surface area contributed by atoms with E-state index in [4.69, 9.17) is 16.7 Å². The molecule has 1 rings (SSSR count). The standard InChI is InChI=1S/C12H14ClN3O4/c1-6(10(17)14-2)15-12(20)16-9-5-7(11(18)19)3-4-8(9)13/h3-6H,1-2H3,(H,14,17)(H,18,19)(H2,15,16,20). The number of anilines is 1. The Balaban J connectivity index is 2.77. The van der Waals surface area contributed by atoms with E-state index in [9.17, 15) is 14.4 Å². The summed E-state index contributed by atoms with van der Waals surface area (Å²) in [6, 6.07) is 2.52. The van der Waals surface area contributed by atoms with Gasteiger partial charge in [-0.2, -0.15) is 0 Å². The summed E-state index contributed by atoms with van der Waals surface area (Å²) in [4.78, 5) is 33.8. The summed E-state index contributed by atoms with van der Waals surface area (Å²) in [5, 5.41) is 16.2. The van der Waals surface area contributed by atoms with E-state index in [1.165, 1.54) is 32.2 Å². The molecule has 0 radical (unpaired) electrons. The minimum absolute atomic E-state index is 0.0101. The van der Waals surface area contributed by atoms with Gasteiger partial charge in [0.1, 0.15) is 6.04 Å². The first-order valence-electron chi connectivity index (χ1n) is 5.67. The average molecular weight is 300 g/mol. The monoisotopic (exact) mass is 299 g/mol. The molecule has 0 saturated heterocycles. The number of likely N-dealkylation sites (N-methyl/N-ethyl adjacent to an activating group) is 1. The van der Waals surface area contributed by atoms with E-state index in [1.807, 2.05) is 0 Å². The van der Waals surface area contributed by atoms with Crippen LogP contribution in [-0.2, 0) is 4.79 Å². The molecule has 0 bridgehead atoms. The first kappa shape index (κ1) is 15.8. The molecule has 0 spiro atoms. The van der Waals surface area contributed by atoms with Gasteiger partial charge in [0.15, 0.2) is 0 Å². The van der Waals surface area contributed by atoms with E-state index >= 15 is 0 Å². The van der Waals surface area contributed by atoms with Gasteiger partial charge >= 0.3 is 12.0 Å².